The van der Waals surface area contributed by atoms with Crippen LogP contribution in [0.3, 0.4) is 0 Å². The van der Waals surface area contributed by atoms with E-state index in [-0.39, 0.29) is 34.1 Å². The van der Waals surface area contributed by atoms with Crippen LogP contribution < -0.4 is 11.1 Å². The minimum Gasteiger partial charge on any atom is -0.508 e. The van der Waals surface area contributed by atoms with Gasteiger partial charge in [-0.05, 0) is 23.3 Å². The number of aromatic hydroxyl groups is 1. The van der Waals surface area contributed by atoms with E-state index in [0.29, 0.717) is 11.1 Å². The van der Waals surface area contributed by atoms with Crippen molar-refractivity contribution in [3.05, 3.63) is 47.0 Å². The van der Waals surface area contributed by atoms with E-state index < -0.39 is 51.1 Å². The number of aliphatic carboxylic acids is 1. The molecule has 2 amide bonds. The van der Waals surface area contributed by atoms with Gasteiger partial charge in [0.2, 0.25) is 11.8 Å². The first-order valence-corrected chi connectivity index (χ1v) is 13.7. The molecule has 1 aromatic carbocycles. The number of benzene rings is 1. The van der Waals surface area contributed by atoms with Crippen LogP contribution in [0.2, 0.25) is 0 Å². The van der Waals surface area contributed by atoms with Gasteiger partial charge in [0.15, 0.2) is 5.75 Å². The number of rotatable bonds is 9. The maximum Gasteiger partial charge on any atom is 0.352 e. The third kappa shape index (κ3) is 5.49. The number of thioether (sulfide) groups is 2. The van der Waals surface area contributed by atoms with E-state index in [2.05, 4.69) is 15.5 Å². The molecule has 0 spiro atoms. The maximum absolute atomic E-state index is 12.8. The number of carboxylic acids is 1. The molecule has 0 radical (unpaired) electrons. The SMILES string of the molecule is NC(C(=O)NC1C(=O)N2C(C(=O)O)=C(CSc3nnc(CS(=O)(=O)O)o3)CS[C@@H]12)c1ccc(O)cc1. The minimum atomic E-state index is -4.36. The zero-order valence-electron chi connectivity index (χ0n) is 18.1. The Kier molecular flexibility index (Phi) is 7.28. The third-order valence-electron chi connectivity index (χ3n) is 5.21. The van der Waals surface area contributed by atoms with Gasteiger partial charge in [0.25, 0.3) is 21.2 Å². The highest BCUT2D eigenvalue weighted by Gasteiger charge is 2.54. The Labute approximate surface area is 212 Å². The molecule has 192 valence electrons. The summed E-state index contributed by atoms with van der Waals surface area (Å²) in [5.41, 5.74) is 6.56. The Morgan fingerprint density at radius 2 is 2.00 bits per heavy atom. The zero-order valence-corrected chi connectivity index (χ0v) is 20.5. The molecule has 36 heavy (non-hydrogen) atoms. The summed E-state index contributed by atoms with van der Waals surface area (Å²) in [6, 6.07) is 3.66. The van der Waals surface area contributed by atoms with Crippen LogP contribution in [0.5, 0.6) is 5.75 Å². The molecule has 0 saturated carbocycles. The van der Waals surface area contributed by atoms with Gasteiger partial charge < -0.3 is 25.7 Å². The Balaban J connectivity index is 1.42. The second-order valence-electron chi connectivity index (χ2n) is 7.70. The van der Waals surface area contributed by atoms with Gasteiger partial charge >= 0.3 is 5.97 Å². The fourth-order valence-corrected chi connectivity index (χ4v) is 6.22. The number of phenolic OH excluding ortho intramolecular Hbond substituents is 1. The maximum atomic E-state index is 12.8. The number of amides is 2. The van der Waals surface area contributed by atoms with E-state index >= 15 is 0 Å². The molecule has 0 aliphatic carbocycles. The first-order valence-electron chi connectivity index (χ1n) is 10.1. The lowest BCUT2D eigenvalue weighted by atomic mass is 10.0. The number of hydrogen-bond donors (Lipinski definition) is 5. The average Bonchev–Trinajstić information content (AvgIpc) is 3.25. The van der Waals surface area contributed by atoms with Crippen LogP contribution in [0.25, 0.3) is 0 Å². The number of aromatic nitrogens is 2. The smallest absolute Gasteiger partial charge is 0.352 e. The number of carbonyl (C=O) groups is 3. The van der Waals surface area contributed by atoms with Crippen LogP contribution >= 0.6 is 23.5 Å². The standard InChI is InChI=1S/C19H19N5O9S3/c20-12(8-1-3-10(25)4-2-8)15(26)21-13-16(27)24-14(18(28)29)9(5-34-17(13)24)6-35-19-23-22-11(33-19)7-36(30,31)32/h1-4,12-13,17,25H,5-7,20H2,(H,21,26)(H,28,29)(H,30,31,32)/t12?,13?,17-/m0/s1. The van der Waals surface area contributed by atoms with Crippen molar-refractivity contribution >= 4 is 51.4 Å². The third-order valence-corrected chi connectivity index (χ3v) is 8.06. The molecule has 6 N–H and O–H groups in total. The average molecular weight is 558 g/mol. The lowest BCUT2D eigenvalue weighted by Crippen LogP contribution is -2.71. The van der Waals surface area contributed by atoms with Crippen molar-refractivity contribution in [3.8, 4) is 5.75 Å². The van der Waals surface area contributed by atoms with E-state index in [1.807, 2.05) is 0 Å². The van der Waals surface area contributed by atoms with Gasteiger partial charge in [0.1, 0.15) is 28.9 Å². The predicted octanol–water partition coefficient (Wildman–Crippen LogP) is -0.306. The summed E-state index contributed by atoms with van der Waals surface area (Å²) in [6.07, 6.45) is 0. The Morgan fingerprint density at radius 3 is 2.64 bits per heavy atom. The van der Waals surface area contributed by atoms with E-state index in [9.17, 15) is 33.0 Å². The lowest BCUT2D eigenvalue weighted by molar-refractivity contribution is -0.150. The Bertz CT molecular complexity index is 1340. The van der Waals surface area contributed by atoms with Crippen molar-refractivity contribution in [2.45, 2.75) is 28.4 Å². The monoisotopic (exact) mass is 557 g/mol. The van der Waals surface area contributed by atoms with Crippen molar-refractivity contribution in [2.75, 3.05) is 11.5 Å². The molecule has 2 aliphatic rings. The van der Waals surface area contributed by atoms with Crippen molar-refractivity contribution in [1.82, 2.24) is 20.4 Å². The summed E-state index contributed by atoms with van der Waals surface area (Å²) in [7, 11) is -4.36. The number of β-lactam (4-membered cyclic amide) rings is 1. The summed E-state index contributed by atoms with van der Waals surface area (Å²) in [4.78, 5) is 38.5. The molecule has 17 heteroatoms. The molecule has 3 heterocycles. The topological polar surface area (TPSA) is 226 Å². The molecule has 1 aromatic heterocycles. The zero-order chi connectivity index (χ0) is 26.2. The summed E-state index contributed by atoms with van der Waals surface area (Å²) >= 11 is 2.20. The largest absolute Gasteiger partial charge is 0.508 e. The highest BCUT2D eigenvalue weighted by atomic mass is 32.2. The van der Waals surface area contributed by atoms with E-state index in [1.165, 1.54) is 36.0 Å². The van der Waals surface area contributed by atoms with Crippen LogP contribution in [0.1, 0.15) is 17.5 Å². The second kappa shape index (κ2) is 10.1. The van der Waals surface area contributed by atoms with Crippen molar-refractivity contribution < 1.29 is 42.0 Å². The molecule has 2 aromatic rings. The molecule has 0 bridgehead atoms. The van der Waals surface area contributed by atoms with E-state index in [4.69, 9.17) is 14.7 Å². The van der Waals surface area contributed by atoms with Gasteiger partial charge in [-0.15, -0.1) is 22.0 Å². The highest BCUT2D eigenvalue weighted by Crippen LogP contribution is 2.41. The van der Waals surface area contributed by atoms with Crippen molar-refractivity contribution in [3.63, 3.8) is 0 Å². The van der Waals surface area contributed by atoms with Gasteiger partial charge in [0, 0.05) is 11.5 Å². The van der Waals surface area contributed by atoms with E-state index in [0.717, 1.165) is 16.7 Å². The molecule has 3 atom stereocenters. The van der Waals surface area contributed by atoms with Gasteiger partial charge in [-0.2, -0.15) is 8.42 Å². The second-order valence-corrected chi connectivity index (χ2v) is 11.2. The van der Waals surface area contributed by atoms with E-state index in [1.54, 1.807) is 0 Å². The van der Waals surface area contributed by atoms with Crippen molar-refractivity contribution in [1.29, 1.82) is 0 Å². The molecular formula is C19H19N5O9S3. The molecular weight excluding hydrogens is 538 g/mol. The normalized spacial score (nSPS) is 20.5. The summed E-state index contributed by atoms with van der Waals surface area (Å²) in [5, 5.41) is 28.2. The van der Waals surface area contributed by atoms with Gasteiger partial charge in [-0.3, -0.25) is 19.0 Å². The summed E-state index contributed by atoms with van der Waals surface area (Å²) in [5.74, 6) is -3.45. The quantitative estimate of drug-likeness (QED) is 0.151. The predicted molar refractivity (Wildman–Crippen MR) is 125 cm³/mol. The summed E-state index contributed by atoms with van der Waals surface area (Å²) < 4.78 is 35.8. The number of fused-ring (bicyclic) bond motifs is 1. The first-order chi connectivity index (χ1) is 16.9. The number of nitrogens with one attached hydrogen (secondary N) is 1. The molecule has 2 unspecified atom stereocenters. The first kappa shape index (κ1) is 26.0. The number of phenols is 1. The van der Waals surface area contributed by atoms with Gasteiger partial charge in [-0.25, -0.2) is 4.79 Å². The van der Waals surface area contributed by atoms with Gasteiger partial charge in [-0.1, -0.05) is 23.9 Å². The van der Waals surface area contributed by atoms with Crippen molar-refractivity contribution in [2.24, 2.45) is 5.73 Å². The molecule has 14 nitrogen and oxygen atoms in total. The Morgan fingerprint density at radius 1 is 1.31 bits per heavy atom. The number of hydrogen-bond acceptors (Lipinski definition) is 12. The summed E-state index contributed by atoms with van der Waals surface area (Å²) in [6.45, 7) is 0. The van der Waals surface area contributed by atoms with Crippen LogP contribution in [-0.2, 0) is 30.3 Å². The van der Waals surface area contributed by atoms with Gasteiger partial charge in [0.05, 0.1) is 0 Å². The van der Waals surface area contributed by atoms with Crippen LogP contribution in [-0.4, -0.2) is 79.0 Å². The van der Waals surface area contributed by atoms with Crippen LogP contribution in [0, 0.1) is 0 Å². The fourth-order valence-electron chi connectivity index (χ4n) is 3.53. The molecule has 2 aliphatic heterocycles. The molecule has 1 saturated heterocycles. The van der Waals surface area contributed by atoms with Crippen LogP contribution in [0.15, 0.2) is 45.2 Å². The Hall–Kier alpha value is -3.12. The highest BCUT2D eigenvalue weighted by molar-refractivity contribution is 8.01. The fraction of sp³-hybridized carbons (Fsp3) is 0.316. The lowest BCUT2D eigenvalue weighted by Gasteiger charge is -2.49. The van der Waals surface area contributed by atoms with Crippen LogP contribution in [0.4, 0.5) is 0 Å². The number of carboxylic acid groups (broad SMARTS) is 1. The molecule has 1 fully saturated rings. The number of nitrogens with two attached hydrogens (primary N) is 1. The number of nitrogens with zero attached hydrogens (tertiary/aromatic N) is 3. The number of carbonyl (C=O) groups excluding carboxylic acids is 2. The minimum absolute atomic E-state index is 0.00867. The molecule has 4 rings (SSSR count).